The van der Waals surface area contributed by atoms with E-state index in [-0.39, 0.29) is 27.0 Å². The molecule has 0 bridgehead atoms. The van der Waals surface area contributed by atoms with Crippen molar-refractivity contribution in [1.82, 2.24) is 0 Å². The molecule has 2 aromatic rings. The van der Waals surface area contributed by atoms with Gasteiger partial charge < -0.3 is 5.11 Å². The molecule has 0 aliphatic rings. The van der Waals surface area contributed by atoms with Crippen LogP contribution >= 0.6 is 11.6 Å². The SMILES string of the molecule is O=[N+]([O-])c1ccc(Cl)c(NS(=O)(=O)c2cccc(O)c2)c1. The Hall–Kier alpha value is -2.32. The minimum absolute atomic E-state index is 0.0179. The van der Waals surface area contributed by atoms with Crippen molar-refractivity contribution in [2.45, 2.75) is 4.90 Å². The lowest BCUT2D eigenvalue weighted by Gasteiger charge is -2.09. The number of nitrogens with zero attached hydrogens (tertiary/aromatic N) is 1. The van der Waals surface area contributed by atoms with Crippen molar-refractivity contribution in [1.29, 1.82) is 0 Å². The molecule has 0 fully saturated rings. The Kier molecular flexibility index (Phi) is 4.01. The van der Waals surface area contributed by atoms with E-state index in [0.29, 0.717) is 0 Å². The minimum atomic E-state index is -4.02. The molecule has 110 valence electrons. The normalized spacial score (nSPS) is 11.1. The van der Waals surface area contributed by atoms with Gasteiger partial charge in [0, 0.05) is 18.2 Å². The number of hydrogen-bond acceptors (Lipinski definition) is 5. The zero-order valence-corrected chi connectivity index (χ0v) is 11.9. The molecular formula is C12H9ClN2O5S. The lowest BCUT2D eigenvalue weighted by atomic mass is 10.3. The molecule has 0 aliphatic carbocycles. The summed E-state index contributed by atoms with van der Waals surface area (Å²) in [4.78, 5) is 9.84. The van der Waals surface area contributed by atoms with Crippen LogP contribution in [0, 0.1) is 10.1 Å². The van der Waals surface area contributed by atoms with Gasteiger partial charge in [-0.05, 0) is 18.2 Å². The van der Waals surface area contributed by atoms with Crippen molar-refractivity contribution in [3.05, 3.63) is 57.6 Å². The number of nitro benzene ring substituents is 1. The number of nitro groups is 1. The maximum Gasteiger partial charge on any atom is 0.271 e. The second-order valence-corrected chi connectivity index (χ2v) is 6.11. The van der Waals surface area contributed by atoms with Crippen molar-refractivity contribution in [3.63, 3.8) is 0 Å². The Labute approximate surface area is 125 Å². The molecule has 21 heavy (non-hydrogen) atoms. The van der Waals surface area contributed by atoms with Crippen molar-refractivity contribution in [2.24, 2.45) is 0 Å². The first-order valence-corrected chi connectivity index (χ1v) is 7.41. The number of non-ortho nitro benzene ring substituents is 1. The van der Waals surface area contributed by atoms with Crippen LogP contribution in [0.25, 0.3) is 0 Å². The van der Waals surface area contributed by atoms with Gasteiger partial charge in [0.25, 0.3) is 15.7 Å². The number of rotatable bonds is 4. The first kappa shape index (κ1) is 15.1. The van der Waals surface area contributed by atoms with Crippen LogP contribution in [-0.4, -0.2) is 18.4 Å². The predicted octanol–water partition coefficient (Wildman–Crippen LogP) is 2.75. The number of aromatic hydroxyl groups is 1. The van der Waals surface area contributed by atoms with Crippen LogP contribution in [0.4, 0.5) is 11.4 Å². The quantitative estimate of drug-likeness (QED) is 0.662. The molecule has 0 spiro atoms. The van der Waals surface area contributed by atoms with Gasteiger partial charge in [0.05, 0.1) is 20.5 Å². The molecule has 0 saturated carbocycles. The Morgan fingerprint density at radius 1 is 1.19 bits per heavy atom. The number of benzene rings is 2. The monoisotopic (exact) mass is 328 g/mol. The lowest BCUT2D eigenvalue weighted by molar-refractivity contribution is -0.384. The van der Waals surface area contributed by atoms with Crippen molar-refractivity contribution in [2.75, 3.05) is 4.72 Å². The molecule has 0 radical (unpaired) electrons. The molecule has 0 amide bonds. The Balaban J connectivity index is 2.41. The van der Waals surface area contributed by atoms with Crippen LogP contribution in [0.1, 0.15) is 0 Å². The summed E-state index contributed by atoms with van der Waals surface area (Å²) in [5.41, 5.74) is -0.415. The number of phenols is 1. The number of sulfonamides is 1. The Bertz CT molecular complexity index is 807. The molecule has 0 unspecified atom stereocenters. The maximum atomic E-state index is 12.1. The van der Waals surface area contributed by atoms with Gasteiger partial charge in [-0.15, -0.1) is 0 Å². The van der Waals surface area contributed by atoms with E-state index in [1.807, 2.05) is 0 Å². The number of nitrogens with one attached hydrogen (secondary N) is 1. The molecule has 0 aliphatic heterocycles. The second-order valence-electron chi connectivity index (χ2n) is 4.02. The zero-order chi connectivity index (χ0) is 15.6. The van der Waals surface area contributed by atoms with Gasteiger partial charge in [-0.25, -0.2) is 8.42 Å². The van der Waals surface area contributed by atoms with Crippen LogP contribution in [0.15, 0.2) is 47.4 Å². The van der Waals surface area contributed by atoms with E-state index in [9.17, 15) is 23.6 Å². The average Bonchev–Trinajstić information content (AvgIpc) is 2.41. The Morgan fingerprint density at radius 2 is 1.90 bits per heavy atom. The highest BCUT2D eigenvalue weighted by Gasteiger charge is 2.18. The number of hydrogen-bond donors (Lipinski definition) is 2. The van der Waals surface area contributed by atoms with E-state index in [2.05, 4.69) is 4.72 Å². The third-order valence-electron chi connectivity index (χ3n) is 2.53. The van der Waals surface area contributed by atoms with E-state index >= 15 is 0 Å². The minimum Gasteiger partial charge on any atom is -0.508 e. The van der Waals surface area contributed by atoms with E-state index in [0.717, 1.165) is 18.2 Å². The molecule has 0 aromatic heterocycles. The standard InChI is InChI=1S/C12H9ClN2O5S/c13-11-5-4-8(15(17)18)6-12(11)14-21(19,20)10-3-1-2-9(16)7-10/h1-7,14,16H. The van der Waals surface area contributed by atoms with Gasteiger partial charge in [0.1, 0.15) is 5.75 Å². The van der Waals surface area contributed by atoms with Gasteiger partial charge in [-0.3, -0.25) is 14.8 Å². The fourth-order valence-electron chi connectivity index (χ4n) is 1.56. The predicted molar refractivity (Wildman–Crippen MR) is 77.0 cm³/mol. The van der Waals surface area contributed by atoms with Crippen molar-refractivity contribution < 1.29 is 18.4 Å². The molecule has 9 heteroatoms. The Morgan fingerprint density at radius 3 is 2.52 bits per heavy atom. The first-order valence-electron chi connectivity index (χ1n) is 5.55. The zero-order valence-electron chi connectivity index (χ0n) is 10.4. The number of halogens is 1. The summed E-state index contributed by atoms with van der Waals surface area (Å²) in [6.45, 7) is 0. The highest BCUT2D eigenvalue weighted by Crippen LogP contribution is 2.29. The first-order chi connectivity index (χ1) is 9.79. The van der Waals surface area contributed by atoms with E-state index in [1.165, 1.54) is 24.3 Å². The third-order valence-corrected chi connectivity index (χ3v) is 4.23. The summed E-state index contributed by atoms with van der Waals surface area (Å²) in [6.07, 6.45) is 0. The van der Waals surface area contributed by atoms with Crippen molar-refractivity contribution >= 4 is 33.0 Å². The molecule has 7 nitrogen and oxygen atoms in total. The topological polar surface area (TPSA) is 110 Å². The molecule has 0 heterocycles. The van der Waals surface area contributed by atoms with Gasteiger partial charge in [-0.1, -0.05) is 17.7 Å². The van der Waals surface area contributed by atoms with Crippen LogP contribution in [0.2, 0.25) is 5.02 Å². The molecule has 2 N–H and O–H groups in total. The fraction of sp³-hybridized carbons (Fsp3) is 0. The number of anilines is 1. The van der Waals surface area contributed by atoms with Gasteiger partial charge in [0.15, 0.2) is 0 Å². The summed E-state index contributed by atoms with van der Waals surface area (Å²) >= 11 is 5.83. The summed E-state index contributed by atoms with van der Waals surface area (Å²) < 4.78 is 26.4. The summed E-state index contributed by atoms with van der Waals surface area (Å²) in [7, 11) is -4.02. The van der Waals surface area contributed by atoms with Crippen molar-refractivity contribution in [3.8, 4) is 5.75 Å². The summed E-state index contributed by atoms with van der Waals surface area (Å²) in [5, 5.41) is 20.0. The van der Waals surface area contributed by atoms with Gasteiger partial charge in [-0.2, -0.15) is 0 Å². The molecule has 2 rings (SSSR count). The fourth-order valence-corrected chi connectivity index (χ4v) is 2.89. The second kappa shape index (κ2) is 5.58. The van der Waals surface area contributed by atoms with Gasteiger partial charge >= 0.3 is 0 Å². The maximum absolute atomic E-state index is 12.1. The van der Waals surface area contributed by atoms with Crippen LogP contribution in [0.5, 0.6) is 5.75 Å². The number of phenolic OH excluding ortho intramolecular Hbond substituents is 1. The lowest BCUT2D eigenvalue weighted by Crippen LogP contribution is -2.13. The van der Waals surface area contributed by atoms with Crippen LogP contribution < -0.4 is 4.72 Å². The average molecular weight is 329 g/mol. The smallest absolute Gasteiger partial charge is 0.271 e. The summed E-state index contributed by atoms with van der Waals surface area (Å²) in [6, 6.07) is 8.40. The summed E-state index contributed by atoms with van der Waals surface area (Å²) in [5.74, 6) is -0.219. The van der Waals surface area contributed by atoms with E-state index in [1.54, 1.807) is 0 Å². The van der Waals surface area contributed by atoms with E-state index in [4.69, 9.17) is 11.6 Å². The largest absolute Gasteiger partial charge is 0.508 e. The van der Waals surface area contributed by atoms with Crippen LogP contribution in [0.3, 0.4) is 0 Å². The van der Waals surface area contributed by atoms with Crippen LogP contribution in [-0.2, 0) is 10.0 Å². The van der Waals surface area contributed by atoms with Gasteiger partial charge in [0.2, 0.25) is 0 Å². The molecule has 0 saturated heterocycles. The molecule has 2 aromatic carbocycles. The third kappa shape index (κ3) is 3.41. The molecule has 0 atom stereocenters. The highest BCUT2D eigenvalue weighted by molar-refractivity contribution is 7.92. The molecular weight excluding hydrogens is 320 g/mol. The highest BCUT2D eigenvalue weighted by atomic mass is 35.5. The van der Waals surface area contributed by atoms with E-state index < -0.39 is 14.9 Å².